The zero-order chi connectivity index (χ0) is 12.3. The van der Waals surface area contributed by atoms with E-state index in [1.807, 2.05) is 11.8 Å². The molecular formula is C12H21N3OS. The van der Waals surface area contributed by atoms with Crippen LogP contribution in [0.15, 0.2) is 4.42 Å². The summed E-state index contributed by atoms with van der Waals surface area (Å²) in [7, 11) is 0. The molecule has 2 heterocycles. The van der Waals surface area contributed by atoms with Crippen LogP contribution >= 0.6 is 11.8 Å². The van der Waals surface area contributed by atoms with Gasteiger partial charge in [0, 0.05) is 0 Å². The maximum atomic E-state index is 5.82. The number of rotatable bonds is 5. The van der Waals surface area contributed by atoms with Gasteiger partial charge in [-0.25, -0.2) is 0 Å². The van der Waals surface area contributed by atoms with Gasteiger partial charge >= 0.3 is 0 Å². The quantitative estimate of drug-likeness (QED) is 0.876. The van der Waals surface area contributed by atoms with Crippen LogP contribution in [0.25, 0.3) is 0 Å². The maximum absolute atomic E-state index is 5.82. The fraction of sp³-hybridized carbons (Fsp3) is 0.833. The smallest absolute Gasteiger partial charge is 0.233 e. The molecule has 0 aliphatic carbocycles. The SMILES string of the molecule is CCCNC(C)c1nnc(C2(C)CCCS2)o1. The van der Waals surface area contributed by atoms with Gasteiger partial charge in [-0.15, -0.1) is 22.0 Å². The van der Waals surface area contributed by atoms with Gasteiger partial charge < -0.3 is 9.73 Å². The molecule has 1 aromatic heterocycles. The minimum atomic E-state index is 0.0374. The van der Waals surface area contributed by atoms with Crippen LogP contribution in [0.1, 0.15) is 57.9 Å². The van der Waals surface area contributed by atoms with Crippen molar-refractivity contribution in [2.75, 3.05) is 12.3 Å². The Bertz CT molecular complexity index is 360. The first-order valence-corrected chi connectivity index (χ1v) is 7.35. The summed E-state index contributed by atoms with van der Waals surface area (Å²) in [6.07, 6.45) is 3.48. The molecule has 2 atom stereocenters. The molecule has 5 heteroatoms. The summed E-state index contributed by atoms with van der Waals surface area (Å²) in [5, 5.41) is 11.7. The topological polar surface area (TPSA) is 51.0 Å². The molecule has 1 aliphatic rings. The van der Waals surface area contributed by atoms with Crippen molar-refractivity contribution in [3.8, 4) is 0 Å². The average molecular weight is 255 g/mol. The zero-order valence-corrected chi connectivity index (χ0v) is 11.6. The number of nitrogens with zero attached hydrogens (tertiary/aromatic N) is 2. The van der Waals surface area contributed by atoms with Crippen molar-refractivity contribution in [1.29, 1.82) is 0 Å². The van der Waals surface area contributed by atoms with Crippen molar-refractivity contribution in [2.45, 2.75) is 50.8 Å². The fourth-order valence-electron chi connectivity index (χ4n) is 2.02. The lowest BCUT2D eigenvalue weighted by atomic mass is 10.1. The summed E-state index contributed by atoms with van der Waals surface area (Å²) >= 11 is 1.92. The van der Waals surface area contributed by atoms with Crippen LogP contribution < -0.4 is 5.32 Å². The highest BCUT2D eigenvalue weighted by atomic mass is 32.2. The Morgan fingerprint density at radius 3 is 3.00 bits per heavy atom. The van der Waals surface area contributed by atoms with Gasteiger partial charge in [-0.3, -0.25) is 0 Å². The second-order valence-corrected chi connectivity index (χ2v) is 6.40. The van der Waals surface area contributed by atoms with Crippen molar-refractivity contribution in [1.82, 2.24) is 15.5 Å². The molecule has 0 saturated carbocycles. The fourth-order valence-corrected chi connectivity index (χ4v) is 3.25. The van der Waals surface area contributed by atoms with Gasteiger partial charge in [0.25, 0.3) is 0 Å². The molecule has 0 aromatic carbocycles. The van der Waals surface area contributed by atoms with E-state index in [-0.39, 0.29) is 10.8 Å². The van der Waals surface area contributed by atoms with Crippen molar-refractivity contribution in [3.05, 3.63) is 11.8 Å². The van der Waals surface area contributed by atoms with E-state index in [2.05, 4.69) is 36.3 Å². The summed E-state index contributed by atoms with van der Waals surface area (Å²) in [6, 6.07) is 0.145. The van der Waals surface area contributed by atoms with Crippen LogP contribution in [-0.2, 0) is 4.75 Å². The summed E-state index contributed by atoms with van der Waals surface area (Å²) in [5.41, 5.74) is 0. The molecular weight excluding hydrogens is 234 g/mol. The summed E-state index contributed by atoms with van der Waals surface area (Å²) in [6.45, 7) is 7.39. The van der Waals surface area contributed by atoms with Crippen LogP contribution in [-0.4, -0.2) is 22.5 Å². The first-order valence-electron chi connectivity index (χ1n) is 6.37. The third-order valence-electron chi connectivity index (χ3n) is 3.18. The van der Waals surface area contributed by atoms with Gasteiger partial charge in [0.1, 0.15) is 0 Å². The Kier molecular flexibility index (Phi) is 4.09. The van der Waals surface area contributed by atoms with Gasteiger partial charge in [-0.2, -0.15) is 0 Å². The Morgan fingerprint density at radius 1 is 1.53 bits per heavy atom. The van der Waals surface area contributed by atoms with E-state index in [1.165, 1.54) is 12.2 Å². The molecule has 0 radical (unpaired) electrons. The highest BCUT2D eigenvalue weighted by Crippen LogP contribution is 2.45. The van der Waals surface area contributed by atoms with E-state index in [0.717, 1.165) is 25.3 Å². The van der Waals surface area contributed by atoms with Gasteiger partial charge in [-0.1, -0.05) is 6.92 Å². The van der Waals surface area contributed by atoms with Crippen molar-refractivity contribution in [3.63, 3.8) is 0 Å². The molecule has 2 rings (SSSR count). The molecule has 1 aliphatic heterocycles. The van der Waals surface area contributed by atoms with Gasteiger partial charge in [0.15, 0.2) is 0 Å². The number of hydrogen-bond donors (Lipinski definition) is 1. The molecule has 0 amide bonds. The zero-order valence-electron chi connectivity index (χ0n) is 10.8. The van der Waals surface area contributed by atoms with Crippen LogP contribution in [0.3, 0.4) is 0 Å². The van der Waals surface area contributed by atoms with E-state index in [4.69, 9.17) is 4.42 Å². The van der Waals surface area contributed by atoms with Crippen molar-refractivity contribution < 1.29 is 4.42 Å². The largest absolute Gasteiger partial charge is 0.422 e. The lowest BCUT2D eigenvalue weighted by Crippen LogP contribution is -2.19. The third-order valence-corrected chi connectivity index (χ3v) is 4.69. The Balaban J connectivity index is 2.05. The van der Waals surface area contributed by atoms with Gasteiger partial charge in [-0.05, 0) is 45.4 Å². The van der Waals surface area contributed by atoms with E-state index >= 15 is 0 Å². The number of thioether (sulfide) groups is 1. The van der Waals surface area contributed by atoms with E-state index < -0.39 is 0 Å². The molecule has 1 N–H and O–H groups in total. The molecule has 4 nitrogen and oxygen atoms in total. The van der Waals surface area contributed by atoms with E-state index in [1.54, 1.807) is 0 Å². The molecule has 0 spiro atoms. The third kappa shape index (κ3) is 2.83. The Labute approximate surface area is 107 Å². The predicted molar refractivity (Wildman–Crippen MR) is 70.1 cm³/mol. The van der Waals surface area contributed by atoms with Crippen LogP contribution in [0.5, 0.6) is 0 Å². The van der Waals surface area contributed by atoms with E-state index in [9.17, 15) is 0 Å². The van der Waals surface area contributed by atoms with Crippen molar-refractivity contribution >= 4 is 11.8 Å². The molecule has 1 saturated heterocycles. The number of aromatic nitrogens is 2. The summed E-state index contributed by atoms with van der Waals surface area (Å²) in [4.78, 5) is 0. The predicted octanol–water partition coefficient (Wildman–Crippen LogP) is 2.87. The van der Waals surface area contributed by atoms with Gasteiger partial charge in [0.2, 0.25) is 11.8 Å². The average Bonchev–Trinajstić information content (AvgIpc) is 2.95. The van der Waals surface area contributed by atoms with Crippen LogP contribution in [0.2, 0.25) is 0 Å². The highest BCUT2D eigenvalue weighted by Gasteiger charge is 2.37. The second-order valence-electron chi connectivity index (χ2n) is 4.80. The summed E-state index contributed by atoms with van der Waals surface area (Å²) < 4.78 is 5.86. The first-order chi connectivity index (χ1) is 8.15. The molecule has 2 unspecified atom stereocenters. The lowest BCUT2D eigenvalue weighted by molar-refractivity contribution is 0.365. The minimum absolute atomic E-state index is 0.0374. The van der Waals surface area contributed by atoms with Crippen molar-refractivity contribution in [2.24, 2.45) is 0 Å². The minimum Gasteiger partial charge on any atom is -0.422 e. The summed E-state index contributed by atoms with van der Waals surface area (Å²) in [5.74, 6) is 2.69. The van der Waals surface area contributed by atoms with Crippen LogP contribution in [0, 0.1) is 0 Å². The number of hydrogen-bond acceptors (Lipinski definition) is 5. The lowest BCUT2D eigenvalue weighted by Gasteiger charge is -2.16. The molecule has 17 heavy (non-hydrogen) atoms. The monoisotopic (exact) mass is 255 g/mol. The van der Waals surface area contributed by atoms with E-state index in [0.29, 0.717) is 5.89 Å². The first kappa shape index (κ1) is 12.9. The highest BCUT2D eigenvalue weighted by molar-refractivity contribution is 8.00. The molecule has 1 fully saturated rings. The standard InChI is InChI=1S/C12H21N3OS/c1-4-7-13-9(2)10-14-15-11(16-10)12(3)6-5-8-17-12/h9,13H,4-8H2,1-3H3. The normalized spacial score (nSPS) is 26.3. The number of nitrogens with one attached hydrogen (secondary N) is 1. The second kappa shape index (κ2) is 5.40. The maximum Gasteiger partial charge on any atom is 0.233 e. The molecule has 96 valence electrons. The van der Waals surface area contributed by atoms with Gasteiger partial charge in [0.05, 0.1) is 10.8 Å². The van der Waals surface area contributed by atoms with Crippen LogP contribution in [0.4, 0.5) is 0 Å². The Hall–Kier alpha value is -0.550. The Morgan fingerprint density at radius 2 is 2.35 bits per heavy atom. The molecule has 0 bridgehead atoms. The molecule has 1 aromatic rings.